The molecule has 0 saturated carbocycles. The number of aromatic nitrogens is 1. The highest BCUT2D eigenvalue weighted by molar-refractivity contribution is 6.29. The van der Waals surface area contributed by atoms with Crippen LogP contribution in [0, 0.1) is 6.92 Å². The van der Waals surface area contributed by atoms with Crippen molar-refractivity contribution < 1.29 is 13.6 Å². The van der Waals surface area contributed by atoms with Crippen LogP contribution in [0.2, 0.25) is 5.15 Å². The lowest BCUT2D eigenvalue weighted by atomic mass is 10.1. The van der Waals surface area contributed by atoms with Gasteiger partial charge < -0.3 is 0 Å². The van der Waals surface area contributed by atoms with Gasteiger partial charge in [-0.1, -0.05) is 11.6 Å². The Kier molecular flexibility index (Phi) is 2.93. The number of halogens is 3. The Hall–Kier alpha value is -1.03. The monoisotopic (exact) mass is 205 g/mol. The number of alkyl halides is 2. The smallest absolute Gasteiger partial charge is 0.288 e. The Labute approximate surface area is 78.5 Å². The van der Waals surface area contributed by atoms with Gasteiger partial charge in [0.05, 0.1) is 0 Å². The normalized spacial score (nSPS) is 10.5. The van der Waals surface area contributed by atoms with E-state index in [0.29, 0.717) is 5.69 Å². The number of carbonyl (C=O) groups excluding carboxylic acids is 1. The maximum atomic E-state index is 12.0. The van der Waals surface area contributed by atoms with E-state index in [4.69, 9.17) is 11.6 Å². The topological polar surface area (TPSA) is 30.0 Å². The maximum Gasteiger partial charge on any atom is 0.300 e. The van der Waals surface area contributed by atoms with Gasteiger partial charge in [-0.05, 0) is 19.1 Å². The molecule has 0 saturated heterocycles. The fourth-order valence-corrected chi connectivity index (χ4v) is 1.15. The van der Waals surface area contributed by atoms with Crippen molar-refractivity contribution in [3.63, 3.8) is 0 Å². The van der Waals surface area contributed by atoms with E-state index in [1.54, 1.807) is 6.92 Å². The predicted octanol–water partition coefficient (Wildman–Crippen LogP) is 2.49. The summed E-state index contributed by atoms with van der Waals surface area (Å²) in [4.78, 5) is 14.6. The average Bonchev–Trinajstić information content (AvgIpc) is 2.01. The lowest BCUT2D eigenvalue weighted by molar-refractivity contribution is 0.0678. The second-order valence-electron chi connectivity index (χ2n) is 2.48. The molecule has 1 heterocycles. The summed E-state index contributed by atoms with van der Waals surface area (Å²) in [5, 5.41) is 0.0454. The van der Waals surface area contributed by atoms with Crippen LogP contribution in [0.1, 0.15) is 16.1 Å². The third-order valence-corrected chi connectivity index (χ3v) is 1.60. The molecule has 70 valence electrons. The summed E-state index contributed by atoms with van der Waals surface area (Å²) in [5.74, 6) is -1.23. The molecule has 0 aliphatic rings. The molecule has 0 aliphatic carbocycles. The number of aryl methyl sites for hydroxylation is 1. The van der Waals surface area contributed by atoms with Crippen LogP contribution in [0.5, 0.6) is 0 Å². The minimum atomic E-state index is -3.00. The zero-order valence-corrected chi connectivity index (χ0v) is 7.48. The Morgan fingerprint density at radius 1 is 1.54 bits per heavy atom. The lowest BCUT2D eigenvalue weighted by Gasteiger charge is -2.00. The fourth-order valence-electron chi connectivity index (χ4n) is 0.896. The first-order chi connectivity index (χ1) is 6.00. The highest BCUT2D eigenvalue weighted by atomic mass is 35.5. The average molecular weight is 206 g/mol. The quantitative estimate of drug-likeness (QED) is 0.549. The molecule has 5 heteroatoms. The summed E-state index contributed by atoms with van der Waals surface area (Å²) in [6, 6.07) is 2.41. The summed E-state index contributed by atoms with van der Waals surface area (Å²) in [6.07, 6.45) is -3.00. The molecule has 0 bridgehead atoms. The number of Topliss-reactive ketones (excluding diaryl/α,β-unsaturated/α-hetero) is 1. The summed E-state index contributed by atoms with van der Waals surface area (Å²) in [5.41, 5.74) is 0.337. The van der Waals surface area contributed by atoms with Crippen molar-refractivity contribution in [1.82, 2.24) is 4.98 Å². The molecule has 13 heavy (non-hydrogen) atoms. The summed E-state index contributed by atoms with van der Waals surface area (Å²) in [7, 11) is 0. The zero-order valence-electron chi connectivity index (χ0n) is 6.72. The first-order valence-electron chi connectivity index (χ1n) is 3.47. The maximum absolute atomic E-state index is 12.0. The molecule has 0 N–H and O–H groups in total. The summed E-state index contributed by atoms with van der Waals surface area (Å²) in [6.45, 7) is 1.58. The fraction of sp³-hybridized carbons (Fsp3) is 0.250. The number of hydrogen-bond donors (Lipinski definition) is 0. The van der Waals surface area contributed by atoms with Gasteiger partial charge in [-0.2, -0.15) is 0 Å². The molecule has 0 unspecified atom stereocenters. The van der Waals surface area contributed by atoms with Gasteiger partial charge in [0.15, 0.2) is 0 Å². The van der Waals surface area contributed by atoms with Gasteiger partial charge in [0, 0.05) is 11.3 Å². The molecule has 0 spiro atoms. The Bertz CT molecular complexity index is 321. The van der Waals surface area contributed by atoms with Crippen molar-refractivity contribution in [3.8, 4) is 0 Å². The van der Waals surface area contributed by atoms with E-state index in [-0.39, 0.29) is 10.7 Å². The van der Waals surface area contributed by atoms with E-state index in [1.165, 1.54) is 6.07 Å². The van der Waals surface area contributed by atoms with Crippen LogP contribution in [-0.2, 0) is 0 Å². The molecule has 1 aromatic rings. The van der Waals surface area contributed by atoms with Crippen molar-refractivity contribution >= 4 is 17.4 Å². The summed E-state index contributed by atoms with van der Waals surface area (Å²) < 4.78 is 23.9. The Balaban J connectivity index is 3.08. The molecule has 0 aromatic carbocycles. The Morgan fingerprint density at radius 2 is 2.15 bits per heavy atom. The van der Waals surface area contributed by atoms with Crippen LogP contribution in [0.4, 0.5) is 8.78 Å². The highest BCUT2D eigenvalue weighted by Gasteiger charge is 2.18. The van der Waals surface area contributed by atoms with Gasteiger partial charge in [0.1, 0.15) is 5.15 Å². The van der Waals surface area contributed by atoms with Crippen LogP contribution >= 0.6 is 11.6 Å². The van der Waals surface area contributed by atoms with Gasteiger partial charge in [-0.3, -0.25) is 4.79 Å². The third kappa shape index (κ3) is 2.45. The molecule has 0 amide bonds. The van der Waals surface area contributed by atoms with E-state index < -0.39 is 12.2 Å². The summed E-state index contributed by atoms with van der Waals surface area (Å²) >= 11 is 5.49. The number of ketones is 1. The van der Waals surface area contributed by atoms with E-state index in [0.717, 1.165) is 6.07 Å². The molecule has 1 aromatic heterocycles. The molecule has 1 rings (SSSR count). The predicted molar refractivity (Wildman–Crippen MR) is 44.3 cm³/mol. The third-order valence-electron chi connectivity index (χ3n) is 1.40. The number of pyridine rings is 1. The van der Waals surface area contributed by atoms with E-state index in [2.05, 4.69) is 4.98 Å². The zero-order chi connectivity index (χ0) is 10.0. The molecule has 0 fully saturated rings. The molecule has 0 atom stereocenters. The van der Waals surface area contributed by atoms with Gasteiger partial charge in [-0.25, -0.2) is 13.8 Å². The molecule has 2 nitrogen and oxygen atoms in total. The van der Waals surface area contributed by atoms with E-state index in [1.807, 2.05) is 0 Å². The van der Waals surface area contributed by atoms with Crippen molar-refractivity contribution in [1.29, 1.82) is 0 Å². The van der Waals surface area contributed by atoms with Gasteiger partial charge in [0.25, 0.3) is 0 Å². The molecular formula is C8H6ClF2NO. The highest BCUT2D eigenvalue weighted by Crippen LogP contribution is 2.13. The molecule has 0 aliphatic heterocycles. The van der Waals surface area contributed by atoms with Crippen LogP contribution in [0.3, 0.4) is 0 Å². The van der Waals surface area contributed by atoms with Crippen molar-refractivity contribution in [2.75, 3.05) is 0 Å². The second-order valence-corrected chi connectivity index (χ2v) is 2.87. The number of nitrogens with zero attached hydrogens (tertiary/aromatic N) is 1. The van der Waals surface area contributed by atoms with Gasteiger partial charge >= 0.3 is 6.43 Å². The SMILES string of the molecule is Cc1cc(C(=O)C(F)F)cc(Cl)n1. The first-order valence-corrected chi connectivity index (χ1v) is 3.85. The van der Waals surface area contributed by atoms with Gasteiger partial charge in [-0.15, -0.1) is 0 Å². The number of hydrogen-bond acceptors (Lipinski definition) is 2. The van der Waals surface area contributed by atoms with Crippen molar-refractivity contribution in [2.24, 2.45) is 0 Å². The molecule has 0 radical (unpaired) electrons. The van der Waals surface area contributed by atoms with Crippen LogP contribution in [0.25, 0.3) is 0 Å². The van der Waals surface area contributed by atoms with Crippen molar-refractivity contribution in [3.05, 3.63) is 28.5 Å². The molecular weight excluding hydrogens is 200 g/mol. The van der Waals surface area contributed by atoms with Crippen LogP contribution < -0.4 is 0 Å². The van der Waals surface area contributed by atoms with Gasteiger partial charge in [0.2, 0.25) is 5.78 Å². The number of rotatable bonds is 2. The first kappa shape index (κ1) is 10.1. The number of carbonyl (C=O) groups is 1. The largest absolute Gasteiger partial charge is 0.300 e. The second kappa shape index (κ2) is 3.79. The van der Waals surface area contributed by atoms with E-state index >= 15 is 0 Å². The van der Waals surface area contributed by atoms with E-state index in [9.17, 15) is 13.6 Å². The minimum Gasteiger partial charge on any atom is -0.288 e. The minimum absolute atomic E-state index is 0.0454. The van der Waals surface area contributed by atoms with Crippen LogP contribution in [-0.4, -0.2) is 17.2 Å². The lowest BCUT2D eigenvalue weighted by Crippen LogP contribution is -2.10. The Morgan fingerprint density at radius 3 is 2.62 bits per heavy atom. The standard InChI is InChI=1S/C8H6ClF2NO/c1-4-2-5(3-6(9)12-4)7(13)8(10)11/h2-3,8H,1H3. The van der Waals surface area contributed by atoms with Crippen molar-refractivity contribution in [2.45, 2.75) is 13.3 Å². The van der Waals surface area contributed by atoms with Crippen LogP contribution in [0.15, 0.2) is 12.1 Å².